The summed E-state index contributed by atoms with van der Waals surface area (Å²) in [5, 5.41) is 11.3. The zero-order valence-corrected chi connectivity index (χ0v) is 10.9. The molecule has 0 spiro atoms. The van der Waals surface area contributed by atoms with Gasteiger partial charge in [0.15, 0.2) is 10.8 Å². The van der Waals surface area contributed by atoms with Crippen molar-refractivity contribution in [1.29, 1.82) is 0 Å². The first-order valence-electron chi connectivity index (χ1n) is 5.67. The summed E-state index contributed by atoms with van der Waals surface area (Å²) in [6.45, 7) is 0. The van der Waals surface area contributed by atoms with Gasteiger partial charge in [-0.05, 0) is 36.4 Å². The predicted octanol–water partition coefficient (Wildman–Crippen LogP) is 3.19. The number of furan rings is 1. The van der Waals surface area contributed by atoms with Crippen molar-refractivity contribution in [1.82, 2.24) is 10.2 Å². The van der Waals surface area contributed by atoms with Crippen LogP contribution in [0.5, 0.6) is 0 Å². The molecular weight excluding hydrogens is 281 g/mol. The van der Waals surface area contributed by atoms with Gasteiger partial charge < -0.3 is 4.42 Å². The molecule has 0 aliphatic rings. The summed E-state index contributed by atoms with van der Waals surface area (Å²) in [6, 6.07) is 8.75. The standard InChI is InChI=1S/C13H8FN3O2S/c14-9-5-3-8(4-6-9)11(18)15-13-17-16-12(20-13)10-2-1-7-19-10/h1-7H,(H,15,17,18). The molecule has 7 heteroatoms. The number of nitrogens with zero attached hydrogens (tertiary/aromatic N) is 2. The van der Waals surface area contributed by atoms with Crippen LogP contribution in [0.2, 0.25) is 0 Å². The highest BCUT2D eigenvalue weighted by atomic mass is 32.1. The lowest BCUT2D eigenvalue weighted by Crippen LogP contribution is -2.11. The van der Waals surface area contributed by atoms with Crippen molar-refractivity contribution in [3.63, 3.8) is 0 Å². The van der Waals surface area contributed by atoms with Crippen LogP contribution >= 0.6 is 11.3 Å². The average Bonchev–Trinajstić information content (AvgIpc) is 3.09. The first-order valence-corrected chi connectivity index (χ1v) is 6.48. The molecular formula is C13H8FN3O2S. The third kappa shape index (κ3) is 2.57. The van der Waals surface area contributed by atoms with Gasteiger partial charge in [-0.2, -0.15) is 0 Å². The Hall–Kier alpha value is -2.54. The highest BCUT2D eigenvalue weighted by Crippen LogP contribution is 2.26. The molecule has 1 N–H and O–H groups in total. The Morgan fingerprint density at radius 1 is 1.20 bits per heavy atom. The van der Waals surface area contributed by atoms with E-state index in [-0.39, 0.29) is 5.91 Å². The third-order valence-electron chi connectivity index (χ3n) is 2.48. The van der Waals surface area contributed by atoms with Crippen molar-refractivity contribution in [3.05, 3.63) is 54.0 Å². The normalized spacial score (nSPS) is 10.4. The molecule has 3 rings (SSSR count). The monoisotopic (exact) mass is 289 g/mol. The van der Waals surface area contributed by atoms with Crippen LogP contribution < -0.4 is 5.32 Å². The van der Waals surface area contributed by atoms with Gasteiger partial charge in [0.1, 0.15) is 5.82 Å². The highest BCUT2D eigenvalue weighted by molar-refractivity contribution is 7.18. The second-order valence-corrected chi connectivity index (χ2v) is 4.83. The summed E-state index contributed by atoms with van der Waals surface area (Å²) in [6.07, 6.45) is 1.54. The molecule has 0 aliphatic heterocycles. The molecule has 100 valence electrons. The molecule has 2 heterocycles. The second kappa shape index (κ2) is 5.22. The topological polar surface area (TPSA) is 68.0 Å². The number of carbonyl (C=O) groups is 1. The molecule has 3 aromatic rings. The summed E-state index contributed by atoms with van der Waals surface area (Å²) in [4.78, 5) is 11.9. The first-order chi connectivity index (χ1) is 9.72. The van der Waals surface area contributed by atoms with E-state index in [9.17, 15) is 9.18 Å². The van der Waals surface area contributed by atoms with Gasteiger partial charge in [0, 0.05) is 5.56 Å². The Morgan fingerprint density at radius 3 is 2.70 bits per heavy atom. The minimum absolute atomic E-state index is 0.348. The number of rotatable bonds is 3. The summed E-state index contributed by atoms with van der Waals surface area (Å²) in [7, 11) is 0. The summed E-state index contributed by atoms with van der Waals surface area (Å²) >= 11 is 1.19. The number of amides is 1. The molecule has 0 fully saturated rings. The molecule has 0 radical (unpaired) electrons. The van der Waals surface area contributed by atoms with Crippen molar-refractivity contribution in [2.75, 3.05) is 5.32 Å². The van der Waals surface area contributed by atoms with Gasteiger partial charge >= 0.3 is 0 Å². The maximum Gasteiger partial charge on any atom is 0.257 e. The maximum atomic E-state index is 12.8. The zero-order chi connectivity index (χ0) is 13.9. The lowest BCUT2D eigenvalue weighted by Gasteiger charge is -2.00. The van der Waals surface area contributed by atoms with E-state index in [4.69, 9.17) is 4.42 Å². The fraction of sp³-hybridized carbons (Fsp3) is 0. The van der Waals surface area contributed by atoms with Crippen LogP contribution in [-0.2, 0) is 0 Å². The molecule has 0 saturated heterocycles. The lowest BCUT2D eigenvalue weighted by molar-refractivity contribution is 0.102. The van der Waals surface area contributed by atoms with Gasteiger partial charge in [0.2, 0.25) is 5.13 Å². The average molecular weight is 289 g/mol. The van der Waals surface area contributed by atoms with Crippen LogP contribution in [0.3, 0.4) is 0 Å². The Morgan fingerprint density at radius 2 is 2.00 bits per heavy atom. The minimum atomic E-state index is -0.391. The Labute approximate surface area is 117 Å². The number of benzene rings is 1. The van der Waals surface area contributed by atoms with Gasteiger partial charge in [0.05, 0.1) is 6.26 Å². The van der Waals surface area contributed by atoms with Crippen LogP contribution in [0.1, 0.15) is 10.4 Å². The van der Waals surface area contributed by atoms with E-state index in [1.807, 2.05) is 0 Å². The molecule has 0 saturated carbocycles. The summed E-state index contributed by atoms with van der Waals surface area (Å²) < 4.78 is 18.0. The van der Waals surface area contributed by atoms with Gasteiger partial charge in [-0.1, -0.05) is 11.3 Å². The summed E-state index contributed by atoms with van der Waals surface area (Å²) in [5.74, 6) is -0.172. The molecule has 0 bridgehead atoms. The van der Waals surface area contributed by atoms with E-state index in [0.29, 0.717) is 21.5 Å². The molecule has 20 heavy (non-hydrogen) atoms. The largest absolute Gasteiger partial charge is 0.462 e. The highest BCUT2D eigenvalue weighted by Gasteiger charge is 2.12. The van der Waals surface area contributed by atoms with Gasteiger partial charge in [-0.3, -0.25) is 10.1 Å². The molecule has 2 aromatic heterocycles. The van der Waals surface area contributed by atoms with E-state index in [0.717, 1.165) is 0 Å². The predicted molar refractivity (Wildman–Crippen MR) is 72.0 cm³/mol. The third-order valence-corrected chi connectivity index (χ3v) is 3.34. The van der Waals surface area contributed by atoms with Crippen molar-refractivity contribution >= 4 is 22.4 Å². The summed E-state index contributed by atoms with van der Waals surface area (Å²) in [5.41, 5.74) is 0.348. The van der Waals surface area contributed by atoms with Crippen molar-refractivity contribution in [3.8, 4) is 10.8 Å². The van der Waals surface area contributed by atoms with Crippen molar-refractivity contribution in [2.24, 2.45) is 0 Å². The van der Waals surface area contributed by atoms with Gasteiger partial charge in [0.25, 0.3) is 5.91 Å². The number of nitrogens with one attached hydrogen (secondary N) is 1. The fourth-order valence-corrected chi connectivity index (χ4v) is 2.25. The molecule has 1 amide bonds. The van der Waals surface area contributed by atoms with Crippen LogP contribution in [0.15, 0.2) is 47.1 Å². The lowest BCUT2D eigenvalue weighted by atomic mass is 10.2. The molecule has 0 unspecified atom stereocenters. The van der Waals surface area contributed by atoms with E-state index in [1.165, 1.54) is 41.9 Å². The quantitative estimate of drug-likeness (QED) is 0.804. The van der Waals surface area contributed by atoms with Gasteiger partial charge in [-0.15, -0.1) is 10.2 Å². The number of carbonyl (C=O) groups excluding carboxylic acids is 1. The number of hydrogen-bond donors (Lipinski definition) is 1. The Balaban J connectivity index is 1.75. The van der Waals surface area contributed by atoms with Crippen LogP contribution in [0, 0.1) is 5.82 Å². The molecule has 1 aromatic carbocycles. The SMILES string of the molecule is O=C(Nc1nnc(-c2ccco2)s1)c1ccc(F)cc1. The van der Waals surface area contributed by atoms with Gasteiger partial charge in [-0.25, -0.2) is 4.39 Å². The molecule has 0 atom stereocenters. The number of anilines is 1. The van der Waals surface area contributed by atoms with E-state index in [1.54, 1.807) is 12.1 Å². The van der Waals surface area contributed by atoms with Crippen molar-refractivity contribution in [2.45, 2.75) is 0 Å². The molecule has 5 nitrogen and oxygen atoms in total. The number of halogens is 1. The fourth-order valence-electron chi connectivity index (χ4n) is 1.54. The minimum Gasteiger partial charge on any atom is -0.462 e. The van der Waals surface area contributed by atoms with E-state index >= 15 is 0 Å². The van der Waals surface area contributed by atoms with Crippen LogP contribution in [0.25, 0.3) is 10.8 Å². The van der Waals surface area contributed by atoms with E-state index < -0.39 is 5.82 Å². The number of hydrogen-bond acceptors (Lipinski definition) is 5. The second-order valence-electron chi connectivity index (χ2n) is 3.85. The smallest absolute Gasteiger partial charge is 0.257 e. The number of aromatic nitrogens is 2. The zero-order valence-electron chi connectivity index (χ0n) is 10.0. The first kappa shape index (κ1) is 12.5. The maximum absolute atomic E-state index is 12.8. The van der Waals surface area contributed by atoms with Crippen molar-refractivity contribution < 1.29 is 13.6 Å². The Kier molecular flexibility index (Phi) is 3.26. The van der Waals surface area contributed by atoms with E-state index in [2.05, 4.69) is 15.5 Å². The van der Waals surface area contributed by atoms with Crippen LogP contribution in [-0.4, -0.2) is 16.1 Å². The van der Waals surface area contributed by atoms with Crippen LogP contribution in [0.4, 0.5) is 9.52 Å². The molecule has 0 aliphatic carbocycles. The Bertz CT molecular complexity index is 722.